The van der Waals surface area contributed by atoms with Gasteiger partial charge < -0.3 is 10.2 Å². The second kappa shape index (κ2) is 4.88. The van der Waals surface area contributed by atoms with Gasteiger partial charge in [0, 0.05) is 13.1 Å². The fourth-order valence-electron chi connectivity index (χ4n) is 3.59. The van der Waals surface area contributed by atoms with Crippen LogP contribution in [0.15, 0.2) is 24.3 Å². The maximum atomic E-state index is 12.6. The van der Waals surface area contributed by atoms with Crippen LogP contribution in [0.25, 0.3) is 0 Å². The Morgan fingerprint density at radius 1 is 1.33 bits per heavy atom. The highest BCUT2D eigenvalue weighted by molar-refractivity contribution is 5.82. The third-order valence-corrected chi connectivity index (χ3v) is 4.50. The van der Waals surface area contributed by atoms with Crippen LogP contribution >= 0.6 is 0 Å². The van der Waals surface area contributed by atoms with Gasteiger partial charge >= 0.3 is 0 Å². The molecule has 0 spiro atoms. The Balaban J connectivity index is 1.69. The normalized spacial score (nSPS) is 35.7. The monoisotopic (exact) mass is 246 g/mol. The van der Waals surface area contributed by atoms with Crippen LogP contribution in [0.3, 0.4) is 0 Å². The average molecular weight is 246 g/mol. The van der Waals surface area contributed by atoms with E-state index in [1.165, 1.54) is 6.42 Å². The van der Waals surface area contributed by atoms with Crippen molar-refractivity contribution in [1.82, 2.24) is 10.2 Å². The van der Waals surface area contributed by atoms with Gasteiger partial charge in [-0.2, -0.15) is 0 Å². The second-order valence-corrected chi connectivity index (χ2v) is 5.98. The predicted molar refractivity (Wildman–Crippen MR) is 72.1 cm³/mol. The molecule has 0 saturated carbocycles. The van der Waals surface area contributed by atoms with Gasteiger partial charge in [0.2, 0.25) is 5.91 Å². The highest BCUT2D eigenvalue weighted by Gasteiger charge is 2.35. The van der Waals surface area contributed by atoms with E-state index in [-0.39, 0.29) is 5.92 Å². The molecule has 2 fully saturated rings. The van der Waals surface area contributed by atoms with Crippen LogP contribution in [0.5, 0.6) is 0 Å². The molecule has 3 nitrogen and oxygen atoms in total. The lowest BCUT2D eigenvalue weighted by molar-refractivity contribution is -0.137. The summed E-state index contributed by atoms with van der Waals surface area (Å²) in [5, 5.41) is 3.47. The first-order chi connectivity index (χ1) is 8.74. The molecular weight excluding hydrogens is 224 g/mol. The minimum absolute atomic E-state index is 0.0433. The number of hydrogen-bond acceptors (Lipinski definition) is 2. The van der Waals surface area contributed by atoms with Crippen LogP contribution in [0.1, 0.15) is 19.3 Å². The van der Waals surface area contributed by atoms with Crippen molar-refractivity contribution >= 4 is 5.91 Å². The van der Waals surface area contributed by atoms with E-state index in [0.29, 0.717) is 17.7 Å². The van der Waals surface area contributed by atoms with Crippen LogP contribution in [0.4, 0.5) is 0 Å². The number of carbonyl (C=O) groups excluding carboxylic acids is 1. The van der Waals surface area contributed by atoms with Gasteiger partial charge in [-0.05, 0) is 49.8 Å². The number of nitrogens with zero attached hydrogens (tertiary/aromatic N) is 1. The topological polar surface area (TPSA) is 32.3 Å². The highest BCUT2D eigenvalue weighted by Crippen LogP contribution is 2.29. The first-order valence-corrected chi connectivity index (χ1v) is 7.09. The molecule has 1 aliphatic carbocycles. The van der Waals surface area contributed by atoms with Crippen LogP contribution in [-0.4, -0.2) is 37.0 Å². The third-order valence-electron chi connectivity index (χ3n) is 4.50. The number of piperidine rings is 2. The molecule has 2 aliphatic heterocycles. The van der Waals surface area contributed by atoms with Crippen molar-refractivity contribution in [2.45, 2.75) is 19.3 Å². The van der Waals surface area contributed by atoms with Crippen molar-refractivity contribution in [3.8, 4) is 0 Å². The zero-order chi connectivity index (χ0) is 12.5. The Morgan fingerprint density at radius 3 is 2.72 bits per heavy atom. The summed E-state index contributed by atoms with van der Waals surface area (Å²) in [6, 6.07) is 0. The standard InChI is InChI=1S/C15H22N2O/c1-11-4-2-3-5-14(11)15(18)17-9-12-6-13(10-17)8-16-7-12/h2,4,12-14,16H,1,3,5-10H2. The van der Waals surface area contributed by atoms with Gasteiger partial charge in [0.1, 0.15) is 0 Å². The van der Waals surface area contributed by atoms with E-state index >= 15 is 0 Å². The van der Waals surface area contributed by atoms with E-state index in [9.17, 15) is 4.79 Å². The van der Waals surface area contributed by atoms with Crippen molar-refractivity contribution in [3.05, 3.63) is 24.3 Å². The Labute approximate surface area is 109 Å². The summed E-state index contributed by atoms with van der Waals surface area (Å²) in [4.78, 5) is 14.7. The number of rotatable bonds is 1. The number of hydrogen-bond donors (Lipinski definition) is 1. The van der Waals surface area contributed by atoms with Gasteiger partial charge in [-0.15, -0.1) is 0 Å². The van der Waals surface area contributed by atoms with E-state index in [2.05, 4.69) is 22.9 Å². The van der Waals surface area contributed by atoms with E-state index in [1.807, 2.05) is 6.08 Å². The van der Waals surface area contributed by atoms with Crippen molar-refractivity contribution < 1.29 is 4.79 Å². The summed E-state index contributed by atoms with van der Waals surface area (Å²) in [6.45, 7) is 8.07. The molecule has 3 heteroatoms. The summed E-state index contributed by atoms with van der Waals surface area (Å²) in [5.41, 5.74) is 1.00. The fourth-order valence-corrected chi connectivity index (χ4v) is 3.59. The molecule has 2 heterocycles. The van der Waals surface area contributed by atoms with Gasteiger partial charge in [0.25, 0.3) is 0 Å². The number of amides is 1. The molecule has 98 valence electrons. The minimum Gasteiger partial charge on any atom is -0.342 e. The maximum absolute atomic E-state index is 12.6. The Hall–Kier alpha value is -1.09. The van der Waals surface area contributed by atoms with Crippen molar-refractivity contribution in [3.63, 3.8) is 0 Å². The molecule has 0 radical (unpaired) electrons. The van der Waals surface area contributed by atoms with Crippen molar-refractivity contribution in [2.75, 3.05) is 26.2 Å². The molecule has 0 aromatic carbocycles. The lowest BCUT2D eigenvalue weighted by Gasteiger charge is -2.43. The molecule has 2 bridgehead atoms. The minimum atomic E-state index is 0.0433. The molecule has 0 aromatic rings. The largest absolute Gasteiger partial charge is 0.342 e. The lowest BCUT2D eigenvalue weighted by Crippen LogP contribution is -2.54. The molecule has 2 saturated heterocycles. The summed E-state index contributed by atoms with van der Waals surface area (Å²) in [5.74, 6) is 1.69. The zero-order valence-corrected chi connectivity index (χ0v) is 10.9. The van der Waals surface area contributed by atoms with E-state index < -0.39 is 0 Å². The van der Waals surface area contributed by atoms with Gasteiger partial charge in [-0.25, -0.2) is 0 Å². The molecule has 1 N–H and O–H groups in total. The molecular formula is C15H22N2O. The third kappa shape index (κ3) is 2.24. The van der Waals surface area contributed by atoms with Crippen LogP contribution in [0.2, 0.25) is 0 Å². The number of likely N-dealkylation sites (tertiary alicyclic amines) is 1. The van der Waals surface area contributed by atoms with Gasteiger partial charge in [-0.3, -0.25) is 4.79 Å². The van der Waals surface area contributed by atoms with Crippen molar-refractivity contribution in [2.24, 2.45) is 17.8 Å². The summed E-state index contributed by atoms with van der Waals surface area (Å²) >= 11 is 0. The molecule has 18 heavy (non-hydrogen) atoms. The second-order valence-electron chi connectivity index (χ2n) is 5.98. The van der Waals surface area contributed by atoms with Crippen LogP contribution < -0.4 is 5.32 Å². The number of nitrogens with one attached hydrogen (secondary N) is 1. The molecule has 1 amide bonds. The van der Waals surface area contributed by atoms with Crippen molar-refractivity contribution in [1.29, 1.82) is 0 Å². The smallest absolute Gasteiger partial charge is 0.230 e. The Morgan fingerprint density at radius 2 is 2.06 bits per heavy atom. The van der Waals surface area contributed by atoms with E-state index in [1.54, 1.807) is 0 Å². The SMILES string of the molecule is C=C1C=CCCC1C(=O)N1CC2CNCC(C2)C1. The van der Waals surface area contributed by atoms with Crippen LogP contribution in [0, 0.1) is 17.8 Å². The number of fused-ring (bicyclic) bond motifs is 2. The molecule has 0 aromatic heterocycles. The summed E-state index contributed by atoms with van der Waals surface area (Å²) < 4.78 is 0. The van der Waals surface area contributed by atoms with Gasteiger partial charge in [0.05, 0.1) is 5.92 Å². The van der Waals surface area contributed by atoms with E-state index in [4.69, 9.17) is 0 Å². The van der Waals surface area contributed by atoms with Crippen LogP contribution in [-0.2, 0) is 4.79 Å². The summed E-state index contributed by atoms with van der Waals surface area (Å²) in [7, 11) is 0. The first kappa shape index (κ1) is 12.0. The zero-order valence-electron chi connectivity index (χ0n) is 10.9. The molecule has 3 rings (SSSR count). The highest BCUT2D eigenvalue weighted by atomic mass is 16.2. The van der Waals surface area contributed by atoms with Gasteiger partial charge in [0.15, 0.2) is 0 Å². The molecule has 3 atom stereocenters. The van der Waals surface area contributed by atoms with Gasteiger partial charge in [-0.1, -0.05) is 18.7 Å². The Bertz CT molecular complexity index is 376. The molecule has 3 unspecified atom stereocenters. The summed E-state index contributed by atoms with van der Waals surface area (Å²) in [6.07, 6.45) is 7.40. The predicted octanol–water partition coefficient (Wildman–Crippen LogP) is 1.58. The number of allylic oxidation sites excluding steroid dienone is 2. The fraction of sp³-hybridized carbons (Fsp3) is 0.667. The average Bonchev–Trinajstić information content (AvgIpc) is 2.38. The lowest BCUT2D eigenvalue weighted by atomic mass is 9.83. The maximum Gasteiger partial charge on any atom is 0.230 e. The quantitative estimate of drug-likeness (QED) is 0.762. The Kier molecular flexibility index (Phi) is 3.25. The first-order valence-electron chi connectivity index (χ1n) is 7.09. The number of carbonyl (C=O) groups is 1. The van der Waals surface area contributed by atoms with E-state index in [0.717, 1.165) is 44.6 Å². The molecule has 3 aliphatic rings.